The van der Waals surface area contributed by atoms with Crippen LogP contribution in [0.1, 0.15) is 9.80 Å². The number of nitrogens with zero attached hydrogens (tertiary/aromatic N) is 2. The van der Waals surface area contributed by atoms with Crippen LogP contribution in [0.2, 0.25) is 0 Å². The Balaban J connectivity index is 2.46. The largest absolute Gasteiger partial charge is 0.476 e. The Morgan fingerprint density at radius 1 is 1.33 bits per heavy atom. The normalized spacial score (nSPS) is 10.1. The Labute approximate surface area is 89.2 Å². The third-order valence-corrected chi connectivity index (χ3v) is 2.74. The summed E-state index contributed by atoms with van der Waals surface area (Å²) in [6.07, 6.45) is 0. The van der Waals surface area contributed by atoms with Gasteiger partial charge in [0.15, 0.2) is 0 Å². The van der Waals surface area contributed by atoms with Crippen molar-refractivity contribution in [3.63, 3.8) is 0 Å². The molecule has 5 nitrogen and oxygen atoms in total. The first kappa shape index (κ1) is 9.60. The van der Waals surface area contributed by atoms with Crippen LogP contribution in [0.4, 0.5) is 5.69 Å². The predicted molar refractivity (Wildman–Crippen MR) is 56.7 cm³/mol. The summed E-state index contributed by atoms with van der Waals surface area (Å²) in [6.45, 7) is 0. The van der Waals surface area contributed by atoms with Crippen LogP contribution < -0.4 is 5.73 Å². The van der Waals surface area contributed by atoms with Crippen LogP contribution in [0.5, 0.6) is 0 Å². The molecule has 0 atom stereocenters. The van der Waals surface area contributed by atoms with Crippen LogP contribution in [0.15, 0.2) is 24.3 Å². The highest BCUT2D eigenvalue weighted by Crippen LogP contribution is 2.27. The van der Waals surface area contributed by atoms with E-state index in [1.807, 2.05) is 6.07 Å². The summed E-state index contributed by atoms with van der Waals surface area (Å²) < 4.78 is 0. The second-order valence-electron chi connectivity index (χ2n) is 2.80. The maximum Gasteiger partial charge on any atom is 0.367 e. The number of hydrogen-bond donors (Lipinski definition) is 2. The van der Waals surface area contributed by atoms with Gasteiger partial charge in [-0.3, -0.25) is 0 Å². The molecular weight excluding hydrogens is 214 g/mol. The Hall–Kier alpha value is -1.95. The molecule has 0 unspecified atom stereocenters. The number of hydrogen-bond acceptors (Lipinski definition) is 5. The Morgan fingerprint density at radius 2 is 2.07 bits per heavy atom. The van der Waals surface area contributed by atoms with Gasteiger partial charge in [0, 0.05) is 11.3 Å². The molecule has 1 aromatic heterocycles. The standard InChI is InChI=1S/C9H7N3O2S/c10-6-4-2-1-3-5(6)7-11-12-8(15-7)9(13)14/h1-4H,10H2,(H,13,14). The highest BCUT2D eigenvalue weighted by atomic mass is 32.1. The highest BCUT2D eigenvalue weighted by molar-refractivity contribution is 7.16. The molecule has 0 aliphatic carbocycles. The molecular formula is C9H7N3O2S. The SMILES string of the molecule is Nc1ccccc1-c1nnc(C(=O)O)s1. The fourth-order valence-electron chi connectivity index (χ4n) is 1.11. The fourth-order valence-corrected chi connectivity index (χ4v) is 1.84. The molecule has 2 rings (SSSR count). The van der Waals surface area contributed by atoms with Crippen molar-refractivity contribution in [1.29, 1.82) is 0 Å². The molecule has 6 heteroatoms. The van der Waals surface area contributed by atoms with E-state index < -0.39 is 5.97 Å². The van der Waals surface area contributed by atoms with Crippen LogP contribution >= 0.6 is 11.3 Å². The number of aromatic nitrogens is 2. The average Bonchev–Trinajstić information content (AvgIpc) is 2.67. The zero-order valence-corrected chi connectivity index (χ0v) is 8.36. The van der Waals surface area contributed by atoms with Gasteiger partial charge < -0.3 is 10.8 Å². The van der Waals surface area contributed by atoms with Crippen LogP contribution in [-0.4, -0.2) is 21.3 Å². The van der Waals surface area contributed by atoms with E-state index in [0.717, 1.165) is 11.3 Å². The van der Waals surface area contributed by atoms with Gasteiger partial charge in [0.1, 0.15) is 5.01 Å². The van der Waals surface area contributed by atoms with Crippen LogP contribution in [0, 0.1) is 0 Å². The Kier molecular flexibility index (Phi) is 2.34. The number of carbonyl (C=O) groups is 1. The minimum Gasteiger partial charge on any atom is -0.476 e. The van der Waals surface area contributed by atoms with E-state index in [0.29, 0.717) is 16.3 Å². The number of nitrogen functional groups attached to an aromatic ring is 1. The predicted octanol–water partition coefficient (Wildman–Crippen LogP) is 1.49. The maximum atomic E-state index is 10.6. The number of carboxylic acid groups (broad SMARTS) is 1. The van der Waals surface area contributed by atoms with E-state index in [4.69, 9.17) is 10.8 Å². The zero-order valence-electron chi connectivity index (χ0n) is 7.54. The first-order valence-electron chi connectivity index (χ1n) is 4.10. The second-order valence-corrected chi connectivity index (χ2v) is 3.78. The van der Waals surface area contributed by atoms with Crippen molar-refractivity contribution in [3.8, 4) is 10.6 Å². The zero-order chi connectivity index (χ0) is 10.8. The lowest BCUT2D eigenvalue weighted by atomic mass is 10.2. The van der Waals surface area contributed by atoms with Gasteiger partial charge in [-0.25, -0.2) is 4.79 Å². The number of benzene rings is 1. The number of nitrogens with two attached hydrogens (primary N) is 1. The van der Waals surface area contributed by atoms with Gasteiger partial charge in [-0.05, 0) is 12.1 Å². The highest BCUT2D eigenvalue weighted by Gasteiger charge is 2.13. The lowest BCUT2D eigenvalue weighted by Gasteiger charge is -1.98. The van der Waals surface area contributed by atoms with Crippen LogP contribution in [-0.2, 0) is 0 Å². The summed E-state index contributed by atoms with van der Waals surface area (Å²) in [7, 11) is 0. The van der Waals surface area contributed by atoms with Crippen molar-refractivity contribution in [2.75, 3.05) is 5.73 Å². The summed E-state index contributed by atoms with van der Waals surface area (Å²) in [4.78, 5) is 10.6. The minimum atomic E-state index is -1.08. The molecule has 2 aromatic rings. The first-order chi connectivity index (χ1) is 7.18. The van der Waals surface area contributed by atoms with Crippen molar-refractivity contribution in [2.45, 2.75) is 0 Å². The van der Waals surface area contributed by atoms with Crippen LogP contribution in [0.3, 0.4) is 0 Å². The number of anilines is 1. The van der Waals surface area contributed by atoms with E-state index in [1.54, 1.807) is 18.2 Å². The lowest BCUT2D eigenvalue weighted by molar-refractivity contribution is 0.0695. The molecule has 15 heavy (non-hydrogen) atoms. The summed E-state index contributed by atoms with van der Waals surface area (Å²) in [5.74, 6) is -1.08. The van der Waals surface area contributed by atoms with Crippen molar-refractivity contribution >= 4 is 23.0 Å². The summed E-state index contributed by atoms with van der Waals surface area (Å²) in [5, 5.41) is 16.5. The molecule has 0 spiro atoms. The minimum absolute atomic E-state index is 0.0340. The smallest absolute Gasteiger partial charge is 0.367 e. The third kappa shape index (κ3) is 1.79. The third-order valence-electron chi connectivity index (χ3n) is 1.80. The van der Waals surface area contributed by atoms with Gasteiger partial charge in [0.25, 0.3) is 0 Å². The molecule has 0 bridgehead atoms. The summed E-state index contributed by atoms with van der Waals surface area (Å²) in [6, 6.07) is 7.13. The van der Waals surface area contributed by atoms with Gasteiger partial charge in [-0.15, -0.1) is 10.2 Å². The second kappa shape index (κ2) is 3.66. The van der Waals surface area contributed by atoms with Crippen molar-refractivity contribution < 1.29 is 9.90 Å². The topological polar surface area (TPSA) is 89.1 Å². The average molecular weight is 221 g/mol. The maximum absolute atomic E-state index is 10.6. The van der Waals surface area contributed by atoms with E-state index in [9.17, 15) is 4.79 Å². The molecule has 0 aliphatic rings. The number of aromatic carboxylic acids is 1. The molecule has 0 radical (unpaired) electrons. The van der Waals surface area contributed by atoms with Crippen molar-refractivity contribution in [3.05, 3.63) is 29.3 Å². The van der Waals surface area contributed by atoms with E-state index in [-0.39, 0.29) is 5.01 Å². The molecule has 0 aliphatic heterocycles. The van der Waals surface area contributed by atoms with Crippen molar-refractivity contribution in [1.82, 2.24) is 10.2 Å². The van der Waals surface area contributed by atoms with Crippen molar-refractivity contribution in [2.24, 2.45) is 0 Å². The lowest BCUT2D eigenvalue weighted by Crippen LogP contribution is -1.93. The summed E-state index contributed by atoms with van der Waals surface area (Å²) in [5.41, 5.74) is 7.00. The molecule has 76 valence electrons. The Morgan fingerprint density at radius 3 is 2.67 bits per heavy atom. The van der Waals surface area contributed by atoms with Gasteiger partial charge in [0.05, 0.1) is 0 Å². The number of carboxylic acids is 1. The van der Waals surface area contributed by atoms with Gasteiger partial charge in [-0.1, -0.05) is 23.5 Å². The monoisotopic (exact) mass is 221 g/mol. The number of rotatable bonds is 2. The Bertz CT molecular complexity index is 510. The molecule has 0 saturated heterocycles. The fraction of sp³-hybridized carbons (Fsp3) is 0. The van der Waals surface area contributed by atoms with Crippen LogP contribution in [0.25, 0.3) is 10.6 Å². The molecule has 1 heterocycles. The van der Waals surface area contributed by atoms with Gasteiger partial charge in [-0.2, -0.15) is 0 Å². The molecule has 0 amide bonds. The number of para-hydroxylation sites is 1. The molecule has 0 fully saturated rings. The molecule has 1 aromatic carbocycles. The first-order valence-corrected chi connectivity index (χ1v) is 4.92. The van der Waals surface area contributed by atoms with E-state index in [1.165, 1.54) is 0 Å². The van der Waals surface area contributed by atoms with Gasteiger partial charge in [0.2, 0.25) is 5.01 Å². The van der Waals surface area contributed by atoms with Gasteiger partial charge >= 0.3 is 5.97 Å². The van der Waals surface area contributed by atoms with E-state index >= 15 is 0 Å². The quantitative estimate of drug-likeness (QED) is 0.750. The molecule has 0 saturated carbocycles. The van der Waals surface area contributed by atoms with E-state index in [2.05, 4.69) is 10.2 Å². The summed E-state index contributed by atoms with van der Waals surface area (Å²) >= 11 is 1.01. The molecule has 3 N–H and O–H groups in total.